The van der Waals surface area contributed by atoms with E-state index in [1.165, 1.54) is 11.1 Å². The Morgan fingerprint density at radius 1 is 1.09 bits per heavy atom. The zero-order valence-electron chi connectivity index (χ0n) is 13.0. The van der Waals surface area contributed by atoms with Crippen LogP contribution in [0.2, 0.25) is 0 Å². The highest BCUT2D eigenvalue weighted by Crippen LogP contribution is 2.34. The van der Waals surface area contributed by atoms with Crippen molar-refractivity contribution in [1.29, 1.82) is 0 Å². The molecule has 0 saturated carbocycles. The second kappa shape index (κ2) is 5.46. The largest absolute Gasteiger partial charge is 0.332 e. The molecule has 2 aliphatic heterocycles. The van der Waals surface area contributed by atoms with Gasteiger partial charge in [-0.15, -0.1) is 0 Å². The van der Waals surface area contributed by atoms with Gasteiger partial charge in [0, 0.05) is 13.0 Å². The number of hydrogen-bond acceptors (Lipinski definition) is 2. The van der Waals surface area contributed by atoms with E-state index >= 15 is 0 Å². The maximum absolute atomic E-state index is 13.0. The van der Waals surface area contributed by atoms with E-state index < -0.39 is 0 Å². The number of hydrogen-bond donors (Lipinski definition) is 0. The summed E-state index contributed by atoms with van der Waals surface area (Å²) in [4.78, 5) is 16.8. The van der Waals surface area contributed by atoms with Crippen molar-refractivity contribution in [3.8, 4) is 0 Å². The molecule has 1 saturated heterocycles. The van der Waals surface area contributed by atoms with E-state index in [1.54, 1.807) is 4.90 Å². The van der Waals surface area contributed by atoms with Crippen LogP contribution >= 0.6 is 12.2 Å². The molecule has 3 nitrogen and oxygen atoms in total. The molecule has 2 aromatic rings. The Bertz CT molecular complexity index is 758. The number of thiocarbonyl (C=S) groups is 1. The van der Waals surface area contributed by atoms with Crippen molar-refractivity contribution in [1.82, 2.24) is 4.90 Å². The molecule has 1 atom stereocenters. The molecule has 116 valence electrons. The molecule has 1 amide bonds. The normalized spacial score (nSPS) is 19.8. The van der Waals surface area contributed by atoms with Gasteiger partial charge in [-0.1, -0.05) is 49.4 Å². The summed E-state index contributed by atoms with van der Waals surface area (Å²) in [6, 6.07) is 16.2. The van der Waals surface area contributed by atoms with Crippen LogP contribution in [0.1, 0.15) is 23.6 Å². The molecular weight excluding hydrogens is 304 g/mol. The number of carbonyl (C=O) groups excluding carboxylic acids is 1. The predicted octanol–water partition coefficient (Wildman–Crippen LogP) is 3.31. The first-order valence-corrected chi connectivity index (χ1v) is 8.40. The van der Waals surface area contributed by atoms with E-state index in [-0.39, 0.29) is 11.9 Å². The van der Waals surface area contributed by atoms with Gasteiger partial charge in [-0.05, 0) is 41.4 Å². The number of rotatable bonds is 2. The van der Waals surface area contributed by atoms with Crippen molar-refractivity contribution in [2.24, 2.45) is 0 Å². The third-order valence-electron chi connectivity index (χ3n) is 4.80. The van der Waals surface area contributed by atoms with Crippen LogP contribution in [0.15, 0.2) is 48.5 Å². The Labute approximate surface area is 141 Å². The minimum atomic E-state index is -0.165. The topological polar surface area (TPSA) is 23.6 Å². The lowest BCUT2D eigenvalue weighted by atomic mass is 9.95. The van der Waals surface area contributed by atoms with Crippen LogP contribution in [-0.2, 0) is 24.2 Å². The number of benzene rings is 2. The minimum Gasteiger partial charge on any atom is -0.332 e. The number of carbonyl (C=O) groups is 1. The second-order valence-electron chi connectivity index (χ2n) is 6.06. The average Bonchev–Trinajstić information content (AvgIpc) is 2.83. The van der Waals surface area contributed by atoms with Gasteiger partial charge < -0.3 is 4.90 Å². The Morgan fingerprint density at radius 2 is 1.78 bits per heavy atom. The van der Waals surface area contributed by atoms with Crippen LogP contribution in [0.25, 0.3) is 0 Å². The lowest BCUT2D eigenvalue weighted by molar-refractivity contribution is -0.120. The fourth-order valence-electron chi connectivity index (χ4n) is 3.57. The summed E-state index contributed by atoms with van der Waals surface area (Å²) >= 11 is 5.67. The van der Waals surface area contributed by atoms with E-state index in [2.05, 4.69) is 30.0 Å². The van der Waals surface area contributed by atoms with Crippen molar-refractivity contribution in [2.45, 2.75) is 32.4 Å². The minimum absolute atomic E-state index is 0.102. The third-order valence-corrected chi connectivity index (χ3v) is 5.22. The summed E-state index contributed by atoms with van der Waals surface area (Å²) in [6.07, 6.45) is 1.62. The molecular formula is C19H18N2OS. The van der Waals surface area contributed by atoms with Crippen molar-refractivity contribution in [2.75, 3.05) is 4.90 Å². The molecule has 0 aromatic heterocycles. The summed E-state index contributed by atoms with van der Waals surface area (Å²) in [5.74, 6) is 0.102. The fourth-order valence-corrected chi connectivity index (χ4v) is 3.95. The molecule has 4 heteroatoms. The molecule has 0 spiro atoms. The summed E-state index contributed by atoms with van der Waals surface area (Å²) in [6.45, 7) is 2.82. The van der Waals surface area contributed by atoms with Crippen molar-refractivity contribution in [3.63, 3.8) is 0 Å². The lowest BCUT2D eigenvalue weighted by Gasteiger charge is -2.30. The molecule has 0 bridgehead atoms. The summed E-state index contributed by atoms with van der Waals surface area (Å²) in [5, 5.41) is 0.635. The predicted molar refractivity (Wildman–Crippen MR) is 95.4 cm³/mol. The Balaban J connectivity index is 1.74. The standard InChI is InChI=1S/C19H18N2OS/c1-2-13-7-5-6-10-16(13)21-18(22)17-11-14-8-3-4-9-15(14)12-20(17)19(21)23/h3-10,17H,2,11-12H2,1H3/t17-/m1/s1. The quantitative estimate of drug-likeness (QED) is 0.793. The summed E-state index contributed by atoms with van der Waals surface area (Å²) in [5.41, 5.74) is 4.61. The van der Waals surface area contributed by atoms with E-state index in [0.29, 0.717) is 5.11 Å². The Kier molecular flexibility index (Phi) is 3.42. The molecule has 4 rings (SSSR count). The molecule has 0 N–H and O–H groups in total. The second-order valence-corrected chi connectivity index (χ2v) is 6.42. The van der Waals surface area contributed by atoms with Gasteiger partial charge in [0.1, 0.15) is 6.04 Å². The Morgan fingerprint density at radius 3 is 2.57 bits per heavy atom. The average molecular weight is 322 g/mol. The van der Waals surface area contributed by atoms with Crippen LogP contribution in [0, 0.1) is 0 Å². The number of para-hydroxylation sites is 1. The van der Waals surface area contributed by atoms with Crippen LogP contribution in [0.5, 0.6) is 0 Å². The number of amides is 1. The molecule has 2 heterocycles. The molecule has 0 aliphatic carbocycles. The van der Waals surface area contributed by atoms with Crippen LogP contribution in [0.4, 0.5) is 5.69 Å². The van der Waals surface area contributed by atoms with Crippen LogP contribution in [-0.4, -0.2) is 22.0 Å². The van der Waals surface area contributed by atoms with Gasteiger partial charge in [-0.2, -0.15) is 0 Å². The molecule has 2 aliphatic rings. The van der Waals surface area contributed by atoms with Crippen molar-refractivity contribution in [3.05, 3.63) is 65.2 Å². The zero-order chi connectivity index (χ0) is 16.0. The van der Waals surface area contributed by atoms with E-state index in [0.717, 1.165) is 30.6 Å². The molecule has 23 heavy (non-hydrogen) atoms. The van der Waals surface area contributed by atoms with Gasteiger partial charge in [-0.3, -0.25) is 9.69 Å². The first-order valence-electron chi connectivity index (χ1n) is 8.00. The molecule has 0 radical (unpaired) electrons. The van der Waals surface area contributed by atoms with Gasteiger partial charge in [0.15, 0.2) is 5.11 Å². The van der Waals surface area contributed by atoms with Crippen molar-refractivity contribution >= 4 is 28.9 Å². The first-order chi connectivity index (χ1) is 11.2. The molecule has 2 aromatic carbocycles. The zero-order valence-corrected chi connectivity index (χ0v) is 13.8. The van der Waals surface area contributed by atoms with Crippen molar-refractivity contribution < 1.29 is 4.79 Å². The lowest BCUT2D eigenvalue weighted by Crippen LogP contribution is -2.39. The van der Waals surface area contributed by atoms with Crippen LogP contribution in [0.3, 0.4) is 0 Å². The van der Waals surface area contributed by atoms with Crippen LogP contribution < -0.4 is 4.90 Å². The SMILES string of the molecule is CCc1ccccc1N1C(=O)[C@H]2Cc3ccccc3CN2C1=S. The maximum atomic E-state index is 13.0. The number of anilines is 1. The third kappa shape index (κ3) is 2.17. The maximum Gasteiger partial charge on any atom is 0.256 e. The van der Waals surface area contributed by atoms with E-state index in [1.807, 2.05) is 30.3 Å². The summed E-state index contributed by atoms with van der Waals surface area (Å²) < 4.78 is 0. The monoisotopic (exact) mass is 322 g/mol. The molecule has 1 fully saturated rings. The van der Waals surface area contributed by atoms with Gasteiger partial charge in [0.25, 0.3) is 5.91 Å². The first kappa shape index (κ1) is 14.4. The fraction of sp³-hybridized carbons (Fsp3) is 0.263. The number of fused-ring (bicyclic) bond motifs is 2. The highest BCUT2D eigenvalue weighted by Gasteiger charge is 2.45. The summed E-state index contributed by atoms with van der Waals surface area (Å²) in [7, 11) is 0. The van der Waals surface area contributed by atoms with Gasteiger partial charge in [-0.25, -0.2) is 0 Å². The number of aryl methyl sites for hydroxylation is 1. The molecule has 0 unspecified atom stereocenters. The van der Waals surface area contributed by atoms with E-state index in [4.69, 9.17) is 12.2 Å². The highest BCUT2D eigenvalue weighted by atomic mass is 32.1. The van der Waals surface area contributed by atoms with Gasteiger partial charge in [0.05, 0.1) is 5.69 Å². The van der Waals surface area contributed by atoms with Gasteiger partial charge in [0.2, 0.25) is 0 Å². The highest BCUT2D eigenvalue weighted by molar-refractivity contribution is 7.80. The smallest absolute Gasteiger partial charge is 0.256 e. The van der Waals surface area contributed by atoms with Gasteiger partial charge >= 0.3 is 0 Å². The number of nitrogens with zero attached hydrogens (tertiary/aromatic N) is 2. The van der Waals surface area contributed by atoms with E-state index in [9.17, 15) is 4.79 Å². The Hall–Kier alpha value is -2.20.